The molecule has 32 heavy (non-hydrogen) atoms. The number of hydrogen-bond donors (Lipinski definition) is 1. The summed E-state index contributed by atoms with van der Waals surface area (Å²) in [6.45, 7) is 5.20. The summed E-state index contributed by atoms with van der Waals surface area (Å²) in [5.41, 5.74) is 1.21. The minimum Gasteiger partial charge on any atom is -0.480 e. The molecule has 2 aromatic carbocycles. The monoisotopic (exact) mass is 518 g/mol. The zero-order valence-corrected chi connectivity index (χ0v) is 20.6. The highest BCUT2D eigenvalue weighted by molar-refractivity contribution is 8.01. The smallest absolute Gasteiger partial charge is 0.417 e. The minimum atomic E-state index is -4.53. The molecule has 0 amide bonds. The fourth-order valence-electron chi connectivity index (χ4n) is 2.77. The minimum absolute atomic E-state index is 0.288. The highest BCUT2D eigenvalue weighted by atomic mass is 35.5. The van der Waals surface area contributed by atoms with Crippen LogP contribution in [0.1, 0.15) is 25.0 Å². The SMILES string of the molecule is CSc1cc(SC(C)(C)C(=O)O)c(C)cc1-c1nc(-c2ccc(C(F)(F)F)c(Cl)c2)ns1. The second-order valence-corrected chi connectivity index (χ2v) is 11.0. The predicted octanol–water partition coefficient (Wildman–Crippen LogP) is 7.53. The van der Waals surface area contributed by atoms with Crippen molar-refractivity contribution in [2.24, 2.45) is 0 Å². The van der Waals surface area contributed by atoms with Gasteiger partial charge in [-0.15, -0.1) is 23.5 Å². The largest absolute Gasteiger partial charge is 0.480 e. The van der Waals surface area contributed by atoms with Crippen LogP contribution < -0.4 is 0 Å². The highest BCUT2D eigenvalue weighted by Crippen LogP contribution is 2.42. The number of aliphatic carboxylic acids is 1. The van der Waals surface area contributed by atoms with E-state index >= 15 is 0 Å². The van der Waals surface area contributed by atoms with Gasteiger partial charge in [-0.2, -0.15) is 17.5 Å². The maximum absolute atomic E-state index is 13.0. The van der Waals surface area contributed by atoms with Crippen molar-refractivity contribution >= 4 is 52.6 Å². The molecule has 0 atom stereocenters. The van der Waals surface area contributed by atoms with E-state index in [0.717, 1.165) is 38.5 Å². The molecule has 170 valence electrons. The van der Waals surface area contributed by atoms with Crippen molar-refractivity contribution < 1.29 is 23.1 Å². The highest BCUT2D eigenvalue weighted by Gasteiger charge is 2.33. The van der Waals surface area contributed by atoms with Crippen molar-refractivity contribution in [3.05, 3.63) is 46.5 Å². The van der Waals surface area contributed by atoms with Gasteiger partial charge in [0.2, 0.25) is 0 Å². The van der Waals surface area contributed by atoms with E-state index in [1.807, 2.05) is 25.3 Å². The Morgan fingerprint density at radius 3 is 2.41 bits per heavy atom. The molecule has 1 heterocycles. The predicted molar refractivity (Wildman–Crippen MR) is 125 cm³/mol. The van der Waals surface area contributed by atoms with E-state index < -0.39 is 27.5 Å². The summed E-state index contributed by atoms with van der Waals surface area (Å²) in [6.07, 6.45) is -2.63. The molecule has 11 heteroatoms. The Hall–Kier alpha value is -1.75. The van der Waals surface area contributed by atoms with Crippen LogP contribution >= 0.6 is 46.7 Å². The lowest BCUT2D eigenvalue weighted by Gasteiger charge is -2.20. The molecule has 0 radical (unpaired) electrons. The zero-order chi connectivity index (χ0) is 23.8. The first-order chi connectivity index (χ1) is 14.8. The lowest BCUT2D eigenvalue weighted by Crippen LogP contribution is -2.27. The van der Waals surface area contributed by atoms with Crippen molar-refractivity contribution in [2.45, 2.75) is 41.5 Å². The third kappa shape index (κ3) is 5.24. The van der Waals surface area contributed by atoms with Crippen LogP contribution in [-0.4, -0.2) is 31.4 Å². The third-order valence-electron chi connectivity index (χ3n) is 4.57. The number of rotatable bonds is 6. The van der Waals surface area contributed by atoms with E-state index in [0.29, 0.717) is 10.6 Å². The van der Waals surface area contributed by atoms with Gasteiger partial charge in [0.1, 0.15) is 9.75 Å². The van der Waals surface area contributed by atoms with Gasteiger partial charge < -0.3 is 5.11 Å². The number of aryl methyl sites for hydroxylation is 1. The van der Waals surface area contributed by atoms with E-state index in [2.05, 4.69) is 9.36 Å². The lowest BCUT2D eigenvalue weighted by molar-refractivity contribution is -0.139. The first-order valence-corrected chi connectivity index (χ1v) is 12.3. The fourth-order valence-corrected chi connectivity index (χ4v) is 5.55. The molecule has 1 aromatic heterocycles. The van der Waals surface area contributed by atoms with E-state index in [4.69, 9.17) is 11.6 Å². The summed E-state index contributed by atoms with van der Waals surface area (Å²) in [6, 6.07) is 7.29. The number of carbonyl (C=O) groups is 1. The van der Waals surface area contributed by atoms with Gasteiger partial charge >= 0.3 is 12.1 Å². The van der Waals surface area contributed by atoms with Crippen LogP contribution in [0.2, 0.25) is 5.02 Å². The van der Waals surface area contributed by atoms with Gasteiger partial charge in [0, 0.05) is 20.9 Å². The van der Waals surface area contributed by atoms with Crippen LogP contribution in [-0.2, 0) is 11.0 Å². The molecule has 4 nitrogen and oxygen atoms in total. The van der Waals surface area contributed by atoms with Gasteiger partial charge in [-0.05, 0) is 68.4 Å². The fraction of sp³-hybridized carbons (Fsp3) is 0.286. The lowest BCUT2D eigenvalue weighted by atomic mass is 10.1. The Morgan fingerprint density at radius 2 is 1.84 bits per heavy atom. The molecule has 0 bridgehead atoms. The average Bonchev–Trinajstić information content (AvgIpc) is 3.18. The van der Waals surface area contributed by atoms with Crippen LogP contribution in [0.3, 0.4) is 0 Å². The van der Waals surface area contributed by atoms with Gasteiger partial charge in [0.25, 0.3) is 0 Å². The standard InChI is InChI=1S/C21H18ClF3N2O2S3/c1-10-7-12(16(30-4)9-15(10)31-20(2,3)19(28)29)18-26-17(27-32-18)11-5-6-13(14(22)8-11)21(23,24)25/h5-9H,1-4H3,(H,28,29). The number of nitrogens with zero attached hydrogens (tertiary/aromatic N) is 2. The van der Waals surface area contributed by atoms with Crippen LogP contribution in [0.4, 0.5) is 13.2 Å². The molecule has 3 aromatic rings. The van der Waals surface area contributed by atoms with Crippen LogP contribution in [0.15, 0.2) is 40.1 Å². The quantitative estimate of drug-likeness (QED) is 0.340. The van der Waals surface area contributed by atoms with Gasteiger partial charge in [-0.1, -0.05) is 17.7 Å². The van der Waals surface area contributed by atoms with Crippen molar-refractivity contribution in [2.75, 3.05) is 6.26 Å². The van der Waals surface area contributed by atoms with E-state index in [-0.39, 0.29) is 5.82 Å². The first kappa shape index (κ1) is 24.9. The maximum Gasteiger partial charge on any atom is 0.417 e. The van der Waals surface area contributed by atoms with Crippen molar-refractivity contribution in [1.82, 2.24) is 9.36 Å². The number of aromatic nitrogens is 2. The molecule has 0 fully saturated rings. The van der Waals surface area contributed by atoms with Crippen LogP contribution in [0, 0.1) is 6.92 Å². The summed E-state index contributed by atoms with van der Waals surface area (Å²) in [7, 11) is 0. The summed E-state index contributed by atoms with van der Waals surface area (Å²) < 4.78 is 42.2. The Morgan fingerprint density at radius 1 is 1.16 bits per heavy atom. The first-order valence-electron chi connectivity index (χ1n) is 9.15. The molecule has 0 unspecified atom stereocenters. The van der Waals surface area contributed by atoms with Gasteiger partial charge in [0.15, 0.2) is 5.82 Å². The van der Waals surface area contributed by atoms with Crippen LogP contribution in [0.5, 0.6) is 0 Å². The van der Waals surface area contributed by atoms with Gasteiger partial charge in [0.05, 0.1) is 10.6 Å². The molecule has 0 saturated heterocycles. The number of carboxylic acid groups (broad SMARTS) is 1. The van der Waals surface area contributed by atoms with E-state index in [1.54, 1.807) is 13.8 Å². The molecular formula is C21H18ClF3N2O2S3. The number of carboxylic acids is 1. The molecule has 0 saturated carbocycles. The van der Waals surface area contributed by atoms with Gasteiger partial charge in [-0.3, -0.25) is 4.79 Å². The number of benzene rings is 2. The van der Waals surface area contributed by atoms with Gasteiger partial charge in [-0.25, -0.2) is 4.98 Å². The summed E-state index contributed by atoms with van der Waals surface area (Å²) >= 11 is 9.72. The molecule has 0 spiro atoms. The van der Waals surface area contributed by atoms with Crippen LogP contribution in [0.25, 0.3) is 22.0 Å². The number of halogens is 4. The Balaban J connectivity index is 1.98. The van der Waals surface area contributed by atoms with Crippen molar-refractivity contribution in [3.8, 4) is 22.0 Å². The molecule has 1 N–H and O–H groups in total. The second-order valence-electron chi connectivity index (χ2n) is 7.35. The Labute approximate surface area is 200 Å². The molecule has 0 aliphatic carbocycles. The van der Waals surface area contributed by atoms with Crippen molar-refractivity contribution in [3.63, 3.8) is 0 Å². The molecule has 3 rings (SSSR count). The number of thioether (sulfide) groups is 2. The summed E-state index contributed by atoms with van der Waals surface area (Å²) in [5, 5.41) is 9.63. The Bertz CT molecular complexity index is 1180. The molecule has 0 aliphatic rings. The maximum atomic E-state index is 13.0. The van der Waals surface area contributed by atoms with Crippen molar-refractivity contribution in [1.29, 1.82) is 0 Å². The zero-order valence-electron chi connectivity index (χ0n) is 17.4. The van der Waals surface area contributed by atoms with E-state index in [9.17, 15) is 23.1 Å². The summed E-state index contributed by atoms with van der Waals surface area (Å²) in [4.78, 5) is 17.8. The third-order valence-corrected chi connectivity index (χ3v) is 7.75. The topological polar surface area (TPSA) is 63.1 Å². The number of hydrogen-bond acceptors (Lipinski definition) is 6. The average molecular weight is 519 g/mol. The van der Waals surface area contributed by atoms with E-state index in [1.165, 1.54) is 35.7 Å². The molecule has 0 aliphatic heterocycles. The second kappa shape index (κ2) is 9.24. The summed E-state index contributed by atoms with van der Waals surface area (Å²) in [5.74, 6) is -0.614. The Kier molecular flexibility index (Phi) is 7.19. The molecular weight excluding hydrogens is 501 g/mol. The number of alkyl halides is 3. The normalized spacial score (nSPS) is 12.2.